The topological polar surface area (TPSA) is 151 Å². The zero-order valence-electron chi connectivity index (χ0n) is 34.1. The van der Waals surface area contributed by atoms with Gasteiger partial charge in [0.2, 0.25) is 0 Å². The SMILES string of the molecule is C.CC(C)(C)OC(=O)N1CCCC12CCCC2=O.CC(C)(C)OC(=O)N1CCCC12CCCC2=O.O=C1CCCC12CCCN2.O=C1CCCC12CCCN2. The first-order chi connectivity index (χ1) is 25.4. The van der Waals surface area contributed by atoms with Crippen molar-refractivity contribution in [3.05, 3.63) is 0 Å². The van der Waals surface area contributed by atoms with Crippen LogP contribution in [0.15, 0.2) is 0 Å². The molecule has 4 spiro atoms. The second-order valence-corrected chi connectivity index (χ2v) is 18.9. The molecule has 8 aliphatic rings. The lowest BCUT2D eigenvalue weighted by Gasteiger charge is -2.34. The second kappa shape index (κ2) is 17.7. The van der Waals surface area contributed by atoms with Crippen LogP contribution in [0.2, 0.25) is 0 Å². The Hall–Kier alpha value is -2.86. The van der Waals surface area contributed by atoms with Crippen molar-refractivity contribution in [2.45, 2.75) is 211 Å². The summed E-state index contributed by atoms with van der Waals surface area (Å²) in [5.41, 5.74) is -2.13. The molecule has 12 nitrogen and oxygen atoms in total. The van der Waals surface area contributed by atoms with E-state index in [-0.39, 0.29) is 42.3 Å². The molecular formula is C43H72N4O8. The molecule has 2 N–H and O–H groups in total. The van der Waals surface area contributed by atoms with Crippen molar-refractivity contribution >= 4 is 35.3 Å². The van der Waals surface area contributed by atoms with Crippen LogP contribution in [0.25, 0.3) is 0 Å². The van der Waals surface area contributed by atoms with Gasteiger partial charge in [-0.1, -0.05) is 7.43 Å². The van der Waals surface area contributed by atoms with E-state index in [9.17, 15) is 28.8 Å². The molecule has 8 fully saturated rings. The lowest BCUT2D eigenvalue weighted by molar-refractivity contribution is -0.127. The summed E-state index contributed by atoms with van der Waals surface area (Å²) >= 11 is 0. The number of hydrogen-bond acceptors (Lipinski definition) is 10. The van der Waals surface area contributed by atoms with E-state index < -0.39 is 22.3 Å². The summed E-state index contributed by atoms with van der Waals surface area (Å²) in [5, 5.41) is 6.66. The predicted octanol–water partition coefficient (Wildman–Crippen LogP) is 7.38. The van der Waals surface area contributed by atoms with Crippen molar-refractivity contribution in [1.82, 2.24) is 20.4 Å². The predicted molar refractivity (Wildman–Crippen MR) is 212 cm³/mol. The lowest BCUT2D eigenvalue weighted by Crippen LogP contribution is -2.51. The van der Waals surface area contributed by atoms with Crippen molar-refractivity contribution in [2.75, 3.05) is 26.2 Å². The summed E-state index contributed by atoms with van der Waals surface area (Å²) in [7, 11) is 0. The number of likely N-dealkylation sites (tertiary alicyclic amines) is 2. The van der Waals surface area contributed by atoms with Crippen LogP contribution in [-0.2, 0) is 28.7 Å². The van der Waals surface area contributed by atoms with E-state index in [0.717, 1.165) is 116 Å². The van der Waals surface area contributed by atoms with E-state index in [1.54, 1.807) is 9.80 Å². The van der Waals surface area contributed by atoms with Crippen LogP contribution in [0.1, 0.15) is 177 Å². The van der Waals surface area contributed by atoms with Crippen LogP contribution in [0.4, 0.5) is 9.59 Å². The molecule has 4 heterocycles. The molecule has 2 amide bonds. The summed E-state index contributed by atoms with van der Waals surface area (Å²) in [6.45, 7) is 14.5. The van der Waals surface area contributed by atoms with Gasteiger partial charge >= 0.3 is 12.2 Å². The summed E-state index contributed by atoms with van der Waals surface area (Å²) < 4.78 is 10.8. The molecule has 55 heavy (non-hydrogen) atoms. The van der Waals surface area contributed by atoms with Crippen LogP contribution >= 0.6 is 0 Å². The van der Waals surface area contributed by atoms with Crippen molar-refractivity contribution in [1.29, 1.82) is 0 Å². The van der Waals surface area contributed by atoms with Gasteiger partial charge in [0, 0.05) is 38.8 Å². The zero-order chi connectivity index (χ0) is 39.4. The van der Waals surface area contributed by atoms with E-state index in [4.69, 9.17) is 9.47 Å². The number of Topliss-reactive ketones (excluding diaryl/α,β-unsaturated/α-hetero) is 4. The molecule has 8 rings (SSSR count). The van der Waals surface area contributed by atoms with Gasteiger partial charge in [-0.05, 0) is 157 Å². The third kappa shape index (κ3) is 10.00. The molecule has 4 saturated carbocycles. The molecule has 4 saturated heterocycles. The van der Waals surface area contributed by atoms with Crippen LogP contribution in [0, 0.1) is 0 Å². The van der Waals surface area contributed by atoms with Gasteiger partial charge in [0.15, 0.2) is 23.1 Å². The summed E-state index contributed by atoms with van der Waals surface area (Å²) in [4.78, 5) is 74.3. The van der Waals surface area contributed by atoms with Gasteiger partial charge < -0.3 is 20.1 Å². The van der Waals surface area contributed by atoms with Gasteiger partial charge in [0.25, 0.3) is 0 Å². The van der Waals surface area contributed by atoms with Gasteiger partial charge in [-0.15, -0.1) is 0 Å². The number of nitrogens with one attached hydrogen (secondary N) is 2. The van der Waals surface area contributed by atoms with Gasteiger partial charge in [-0.25, -0.2) is 9.59 Å². The van der Waals surface area contributed by atoms with Gasteiger partial charge in [0.05, 0.1) is 11.1 Å². The molecule has 0 aromatic heterocycles. The Labute approximate surface area is 330 Å². The molecule has 0 bridgehead atoms. The monoisotopic (exact) mass is 773 g/mol. The van der Waals surface area contributed by atoms with E-state index in [1.807, 2.05) is 41.5 Å². The van der Waals surface area contributed by atoms with Crippen LogP contribution in [0.3, 0.4) is 0 Å². The molecular weight excluding hydrogens is 700 g/mol. The molecule has 4 unspecified atom stereocenters. The first kappa shape index (κ1) is 44.8. The summed E-state index contributed by atoms with van der Waals surface area (Å²) in [5.74, 6) is 1.37. The maximum atomic E-state index is 12.1. The van der Waals surface area contributed by atoms with Crippen molar-refractivity contribution in [3.8, 4) is 0 Å². The van der Waals surface area contributed by atoms with Crippen LogP contribution in [-0.4, -0.2) is 105 Å². The fraction of sp³-hybridized carbons (Fsp3) is 0.860. The first-order valence-electron chi connectivity index (χ1n) is 21.0. The smallest absolute Gasteiger partial charge is 0.411 e. The Balaban J connectivity index is 0.000000167. The van der Waals surface area contributed by atoms with E-state index in [2.05, 4.69) is 10.6 Å². The largest absolute Gasteiger partial charge is 0.444 e. The number of rotatable bonds is 0. The zero-order valence-corrected chi connectivity index (χ0v) is 34.1. The van der Waals surface area contributed by atoms with E-state index >= 15 is 0 Å². The average Bonchev–Trinajstić information content (AvgIpc) is 3.95. The first-order valence-corrected chi connectivity index (χ1v) is 21.0. The van der Waals surface area contributed by atoms with E-state index in [1.165, 1.54) is 12.8 Å². The number of hydrogen-bond donors (Lipinski definition) is 2. The van der Waals surface area contributed by atoms with Gasteiger partial charge in [-0.3, -0.25) is 29.0 Å². The minimum atomic E-state index is -0.525. The summed E-state index contributed by atoms with van der Waals surface area (Å²) in [6.07, 6.45) is 18.0. The normalized spacial score (nSPS) is 32.5. The molecule has 12 heteroatoms. The highest BCUT2D eigenvalue weighted by Gasteiger charge is 2.54. The number of nitrogens with zero attached hydrogens (tertiary/aromatic N) is 2. The Bertz CT molecular complexity index is 1290. The lowest BCUT2D eigenvalue weighted by atomic mass is 9.93. The standard InChI is InChI=1S/2C13H21NO3.2C8H13NO.CH4/c2*1-12(2,3)17-11(16)14-9-5-8-13(14)7-4-6-10(13)15;2*10-7-3-1-4-8(7)5-2-6-9-8;/h2*4-9H2,1-3H3;2*9H,1-6H2;1H4. The molecule has 312 valence electrons. The Kier molecular flexibility index (Phi) is 14.5. The highest BCUT2D eigenvalue weighted by Crippen LogP contribution is 2.42. The third-order valence-corrected chi connectivity index (χ3v) is 12.8. The van der Waals surface area contributed by atoms with Gasteiger partial charge in [0.1, 0.15) is 22.3 Å². The molecule has 0 aromatic carbocycles. The molecule has 0 radical (unpaired) electrons. The quantitative estimate of drug-likeness (QED) is 0.255. The van der Waals surface area contributed by atoms with Crippen molar-refractivity contribution in [3.63, 3.8) is 0 Å². The number of carbonyl (C=O) groups is 6. The van der Waals surface area contributed by atoms with E-state index in [0.29, 0.717) is 37.5 Å². The highest BCUT2D eigenvalue weighted by molar-refractivity contribution is 5.95. The fourth-order valence-corrected chi connectivity index (χ4v) is 10.2. The van der Waals surface area contributed by atoms with Crippen LogP contribution in [0.5, 0.6) is 0 Å². The number of amides is 2. The second-order valence-electron chi connectivity index (χ2n) is 18.9. The minimum absolute atomic E-state index is 0. The Morgan fingerprint density at radius 3 is 1.05 bits per heavy atom. The maximum absolute atomic E-state index is 12.1. The van der Waals surface area contributed by atoms with Gasteiger partial charge in [-0.2, -0.15) is 0 Å². The number of ether oxygens (including phenoxy) is 2. The van der Waals surface area contributed by atoms with Crippen molar-refractivity contribution in [2.24, 2.45) is 0 Å². The highest BCUT2D eigenvalue weighted by atomic mass is 16.6. The summed E-state index contributed by atoms with van der Waals surface area (Å²) in [6, 6.07) is 0. The number of ketones is 4. The molecule has 0 aromatic rings. The minimum Gasteiger partial charge on any atom is -0.444 e. The van der Waals surface area contributed by atoms with Crippen LogP contribution < -0.4 is 10.6 Å². The van der Waals surface area contributed by atoms with Crippen molar-refractivity contribution < 1.29 is 38.2 Å². The third-order valence-electron chi connectivity index (χ3n) is 12.8. The fourth-order valence-electron chi connectivity index (χ4n) is 10.2. The molecule has 4 aliphatic heterocycles. The Morgan fingerprint density at radius 2 is 0.800 bits per heavy atom. The molecule has 4 atom stereocenters. The molecule has 4 aliphatic carbocycles. The maximum Gasteiger partial charge on any atom is 0.411 e. The number of carbonyl (C=O) groups excluding carboxylic acids is 6. The average molecular weight is 773 g/mol. The Morgan fingerprint density at radius 1 is 0.491 bits per heavy atom.